The second-order valence-electron chi connectivity index (χ2n) is 14.8. The van der Waals surface area contributed by atoms with E-state index in [2.05, 4.69) is 15.5 Å². The van der Waals surface area contributed by atoms with Crippen molar-refractivity contribution >= 4 is 23.9 Å². The normalized spacial score (nSPS) is 28.7. The number of benzene rings is 1. The SMILES string of the molecule is CC(=O)N[C@H]1[C@H]([C@H](O)[C@H](O)CNC(=O)c2cc(C)c(O)c(C)c2)O[C@@](CCN2CCC[C@@]23CCN(C(=O)OC(C)(C)C)C3)(C(=O)O)C[C@@H]1O. The number of nitrogens with zero attached hydrogens (tertiary/aromatic N) is 2. The zero-order valence-corrected chi connectivity index (χ0v) is 29.2. The van der Waals surface area contributed by atoms with Crippen LogP contribution in [0.5, 0.6) is 5.75 Å². The van der Waals surface area contributed by atoms with Gasteiger partial charge in [0.15, 0.2) is 5.60 Å². The monoisotopic (exact) mass is 692 g/mol. The fourth-order valence-electron chi connectivity index (χ4n) is 7.35. The van der Waals surface area contributed by atoms with Crippen molar-refractivity contribution in [3.63, 3.8) is 0 Å². The molecule has 3 fully saturated rings. The quantitative estimate of drug-likeness (QED) is 0.181. The van der Waals surface area contributed by atoms with Gasteiger partial charge in [-0.05, 0) is 83.7 Å². The lowest BCUT2D eigenvalue weighted by Crippen LogP contribution is -2.68. The number of aryl methyl sites for hydroxylation is 2. The molecule has 3 heterocycles. The van der Waals surface area contributed by atoms with Crippen LogP contribution in [0.15, 0.2) is 12.1 Å². The van der Waals surface area contributed by atoms with E-state index in [1.165, 1.54) is 19.1 Å². The fourth-order valence-corrected chi connectivity index (χ4v) is 7.35. The zero-order chi connectivity index (χ0) is 36.5. The number of likely N-dealkylation sites (tertiary alicyclic amines) is 2. The Morgan fingerprint density at radius 2 is 1.76 bits per heavy atom. The molecule has 49 heavy (non-hydrogen) atoms. The number of carboxylic acid groups (broad SMARTS) is 1. The number of hydrogen-bond donors (Lipinski definition) is 7. The molecule has 3 aliphatic rings. The number of amides is 3. The number of hydrogen-bond acceptors (Lipinski definition) is 11. The van der Waals surface area contributed by atoms with E-state index in [1.807, 2.05) is 0 Å². The van der Waals surface area contributed by atoms with Crippen molar-refractivity contribution in [3.05, 3.63) is 28.8 Å². The van der Waals surface area contributed by atoms with Gasteiger partial charge in [-0.15, -0.1) is 0 Å². The average molecular weight is 693 g/mol. The molecule has 0 bridgehead atoms. The summed E-state index contributed by atoms with van der Waals surface area (Å²) in [5, 5.41) is 59.1. The molecule has 1 aromatic rings. The van der Waals surface area contributed by atoms with Gasteiger partial charge >= 0.3 is 12.1 Å². The number of phenolic OH excluding ortho intramolecular Hbond substituents is 1. The average Bonchev–Trinajstić information content (AvgIpc) is 3.63. The molecule has 3 aliphatic heterocycles. The number of aliphatic carboxylic acids is 1. The molecule has 15 nitrogen and oxygen atoms in total. The smallest absolute Gasteiger partial charge is 0.410 e. The van der Waals surface area contributed by atoms with Crippen LogP contribution >= 0.6 is 0 Å². The summed E-state index contributed by atoms with van der Waals surface area (Å²) in [4.78, 5) is 54.4. The highest BCUT2D eigenvalue weighted by Crippen LogP contribution is 2.41. The summed E-state index contributed by atoms with van der Waals surface area (Å²) < 4.78 is 11.7. The number of carbonyl (C=O) groups is 4. The second kappa shape index (κ2) is 14.8. The van der Waals surface area contributed by atoms with Gasteiger partial charge in [-0.2, -0.15) is 0 Å². The molecule has 7 N–H and O–H groups in total. The first-order valence-corrected chi connectivity index (χ1v) is 16.8. The summed E-state index contributed by atoms with van der Waals surface area (Å²) in [6.07, 6.45) is -5.07. The van der Waals surface area contributed by atoms with Gasteiger partial charge in [-0.1, -0.05) is 0 Å². The van der Waals surface area contributed by atoms with Gasteiger partial charge in [-0.3, -0.25) is 14.5 Å². The van der Waals surface area contributed by atoms with E-state index in [9.17, 15) is 44.7 Å². The van der Waals surface area contributed by atoms with Crippen LogP contribution in [0.2, 0.25) is 0 Å². The standard InChI is InChI=1S/C34H52N4O11/c1-19-14-22(15-20(2)26(19)42)29(44)35-17-24(41)27(43)28-25(36-21(3)39)23(40)16-34(48-28,30(45)46)10-13-38-11-7-8-33(38)9-12-37(18-33)31(47)49-32(4,5)6/h14-15,23-25,27-28,40-43H,7-13,16-18H2,1-6H3,(H,35,44)(H,36,39)(H,45,46)/t23-,24+,25+,27+,28+,33-,34+/m0/s1. The summed E-state index contributed by atoms with van der Waals surface area (Å²) in [5.74, 6) is -2.47. The number of phenols is 1. The van der Waals surface area contributed by atoms with Crippen molar-refractivity contribution in [3.8, 4) is 5.75 Å². The van der Waals surface area contributed by atoms with Gasteiger partial charge in [0.05, 0.1) is 18.2 Å². The van der Waals surface area contributed by atoms with E-state index in [0.29, 0.717) is 37.2 Å². The second-order valence-corrected chi connectivity index (χ2v) is 14.8. The first kappa shape index (κ1) is 38.3. The van der Waals surface area contributed by atoms with Crippen LogP contribution < -0.4 is 10.6 Å². The summed E-state index contributed by atoms with van der Waals surface area (Å²) >= 11 is 0. The molecule has 1 aromatic carbocycles. The minimum Gasteiger partial charge on any atom is -0.507 e. The Balaban J connectivity index is 1.48. The van der Waals surface area contributed by atoms with E-state index in [4.69, 9.17) is 9.47 Å². The molecule has 0 aromatic heterocycles. The number of ether oxygens (including phenoxy) is 2. The molecular weight excluding hydrogens is 640 g/mol. The highest BCUT2D eigenvalue weighted by Gasteiger charge is 2.55. The Bertz CT molecular complexity index is 1390. The van der Waals surface area contributed by atoms with Crippen molar-refractivity contribution in [2.75, 3.05) is 32.7 Å². The number of rotatable bonds is 10. The first-order chi connectivity index (χ1) is 22.8. The van der Waals surface area contributed by atoms with E-state index in [1.54, 1.807) is 39.5 Å². The van der Waals surface area contributed by atoms with Gasteiger partial charge in [0, 0.05) is 57.0 Å². The molecule has 7 atom stereocenters. The number of aliphatic hydroxyl groups is 3. The van der Waals surface area contributed by atoms with Crippen molar-refractivity contribution in [2.45, 2.75) is 121 Å². The molecule has 15 heteroatoms. The highest BCUT2D eigenvalue weighted by molar-refractivity contribution is 5.94. The molecule has 274 valence electrons. The van der Waals surface area contributed by atoms with Crippen molar-refractivity contribution in [1.29, 1.82) is 0 Å². The highest BCUT2D eigenvalue weighted by atomic mass is 16.6. The molecule has 1 spiro atoms. The number of aliphatic hydroxyl groups excluding tert-OH is 3. The molecule has 3 amide bonds. The topological polar surface area (TPSA) is 218 Å². The van der Waals surface area contributed by atoms with Gasteiger partial charge in [0.2, 0.25) is 5.91 Å². The van der Waals surface area contributed by atoms with E-state index >= 15 is 0 Å². The Labute approximate surface area is 286 Å². The largest absolute Gasteiger partial charge is 0.507 e. The van der Waals surface area contributed by atoms with Gasteiger partial charge in [0.25, 0.3) is 5.91 Å². The third-order valence-corrected chi connectivity index (χ3v) is 9.90. The van der Waals surface area contributed by atoms with Crippen LogP contribution in [0.3, 0.4) is 0 Å². The summed E-state index contributed by atoms with van der Waals surface area (Å²) in [6, 6.07) is 1.68. The number of aromatic hydroxyl groups is 1. The first-order valence-electron chi connectivity index (χ1n) is 16.8. The minimum atomic E-state index is -1.99. The molecule has 0 aliphatic carbocycles. The molecule has 0 unspecified atom stereocenters. The van der Waals surface area contributed by atoms with E-state index in [-0.39, 0.29) is 29.8 Å². The molecular formula is C34H52N4O11. The van der Waals surface area contributed by atoms with Crippen molar-refractivity contribution in [1.82, 2.24) is 20.4 Å². The number of carbonyl (C=O) groups excluding carboxylic acids is 3. The fraction of sp³-hybridized carbons (Fsp3) is 0.706. The molecule has 0 saturated carbocycles. The Morgan fingerprint density at radius 1 is 1.10 bits per heavy atom. The molecule has 4 rings (SSSR count). The van der Waals surface area contributed by atoms with Crippen LogP contribution in [-0.2, 0) is 19.1 Å². The molecule has 3 saturated heterocycles. The lowest BCUT2D eigenvalue weighted by Gasteiger charge is -2.48. The lowest BCUT2D eigenvalue weighted by atomic mass is 9.81. The third-order valence-electron chi connectivity index (χ3n) is 9.90. The summed E-state index contributed by atoms with van der Waals surface area (Å²) in [7, 11) is 0. The molecule has 0 radical (unpaired) electrons. The van der Waals surface area contributed by atoms with E-state index in [0.717, 1.165) is 12.8 Å². The van der Waals surface area contributed by atoms with Crippen molar-refractivity contribution in [2.24, 2.45) is 0 Å². The Morgan fingerprint density at radius 3 is 2.35 bits per heavy atom. The summed E-state index contributed by atoms with van der Waals surface area (Å²) in [6.45, 7) is 11.3. The zero-order valence-electron chi connectivity index (χ0n) is 29.2. The predicted octanol–water partition coefficient (Wildman–Crippen LogP) is 0.804. The maximum absolute atomic E-state index is 12.9. The Hall–Kier alpha value is -3.50. The summed E-state index contributed by atoms with van der Waals surface area (Å²) in [5.41, 5.74) is -1.83. The van der Waals surface area contributed by atoms with Crippen LogP contribution in [0, 0.1) is 13.8 Å². The van der Waals surface area contributed by atoms with Crippen LogP contribution in [-0.4, -0.2) is 139 Å². The van der Waals surface area contributed by atoms with Gasteiger partial charge in [-0.25, -0.2) is 9.59 Å². The third kappa shape index (κ3) is 8.63. The number of nitrogens with one attached hydrogen (secondary N) is 2. The van der Waals surface area contributed by atoms with Gasteiger partial charge in [0.1, 0.15) is 23.6 Å². The minimum absolute atomic E-state index is 0.0526. The lowest BCUT2D eigenvalue weighted by molar-refractivity contribution is -0.230. The Kier molecular flexibility index (Phi) is 11.5. The van der Waals surface area contributed by atoms with Crippen molar-refractivity contribution < 1.29 is 54.2 Å². The van der Waals surface area contributed by atoms with E-state index < -0.39 is 78.5 Å². The van der Waals surface area contributed by atoms with Crippen LogP contribution in [0.1, 0.15) is 81.3 Å². The maximum atomic E-state index is 12.9. The predicted molar refractivity (Wildman–Crippen MR) is 176 cm³/mol. The number of carboxylic acids is 1. The van der Waals surface area contributed by atoms with Crippen LogP contribution in [0.25, 0.3) is 0 Å². The van der Waals surface area contributed by atoms with Gasteiger partial charge < -0.3 is 50.5 Å². The van der Waals surface area contributed by atoms with Crippen LogP contribution in [0.4, 0.5) is 4.79 Å². The maximum Gasteiger partial charge on any atom is 0.410 e.